The molecule has 0 spiro atoms. The molecule has 1 aromatic heterocycles. The van der Waals surface area contributed by atoms with Gasteiger partial charge in [-0.3, -0.25) is 4.79 Å². The third-order valence-electron chi connectivity index (χ3n) is 3.46. The van der Waals surface area contributed by atoms with Gasteiger partial charge in [-0.2, -0.15) is 0 Å². The zero-order chi connectivity index (χ0) is 17.6. The normalized spacial score (nSPS) is 10.2. The fourth-order valence-corrected chi connectivity index (χ4v) is 2.46. The first kappa shape index (κ1) is 16.8. The summed E-state index contributed by atoms with van der Waals surface area (Å²) in [5.74, 6) is 0.286. The number of halogens is 1. The van der Waals surface area contributed by atoms with Gasteiger partial charge in [0.15, 0.2) is 0 Å². The third kappa shape index (κ3) is 4.28. The number of benzene rings is 2. The highest BCUT2D eigenvalue weighted by Crippen LogP contribution is 2.24. The van der Waals surface area contributed by atoms with E-state index >= 15 is 0 Å². The molecular formula is C19H16ClN3O2. The number of amides is 1. The first-order valence-corrected chi connectivity index (χ1v) is 7.96. The van der Waals surface area contributed by atoms with Crippen molar-refractivity contribution in [2.45, 2.75) is 0 Å². The van der Waals surface area contributed by atoms with Crippen LogP contribution in [-0.4, -0.2) is 18.0 Å². The monoisotopic (exact) mass is 353 g/mol. The largest absolute Gasteiger partial charge is 0.495 e. The van der Waals surface area contributed by atoms with E-state index in [1.807, 2.05) is 30.3 Å². The number of pyridine rings is 1. The minimum absolute atomic E-state index is 0.307. The molecule has 2 aromatic carbocycles. The molecule has 6 heteroatoms. The molecule has 0 aliphatic carbocycles. The Labute approximate surface area is 150 Å². The van der Waals surface area contributed by atoms with Crippen LogP contribution in [0.15, 0.2) is 66.9 Å². The van der Waals surface area contributed by atoms with Crippen molar-refractivity contribution in [3.8, 4) is 5.75 Å². The van der Waals surface area contributed by atoms with Gasteiger partial charge in [-0.1, -0.05) is 29.8 Å². The predicted octanol–water partition coefficient (Wildman–Crippen LogP) is 4.74. The molecule has 5 nitrogen and oxygen atoms in total. The predicted molar refractivity (Wildman–Crippen MR) is 99.9 cm³/mol. The number of methoxy groups -OCH3 is 1. The van der Waals surface area contributed by atoms with Crippen LogP contribution in [-0.2, 0) is 0 Å². The SMILES string of the molecule is COc1ccccc1NC(=O)c1ccc(Nc2cccc(Cl)c2)cn1. The van der Waals surface area contributed by atoms with Gasteiger partial charge in [-0.05, 0) is 42.5 Å². The van der Waals surface area contributed by atoms with Crippen LogP contribution in [0, 0.1) is 0 Å². The molecule has 3 rings (SSSR count). The molecular weight excluding hydrogens is 338 g/mol. The summed E-state index contributed by atoms with van der Waals surface area (Å²) in [5, 5.41) is 6.61. The number of hydrogen-bond donors (Lipinski definition) is 2. The summed E-state index contributed by atoms with van der Waals surface area (Å²) in [6.07, 6.45) is 1.60. The van der Waals surface area contributed by atoms with E-state index in [9.17, 15) is 4.79 Å². The lowest BCUT2D eigenvalue weighted by atomic mass is 10.2. The van der Waals surface area contributed by atoms with E-state index in [2.05, 4.69) is 15.6 Å². The Morgan fingerprint density at radius 3 is 2.60 bits per heavy atom. The van der Waals surface area contributed by atoms with Crippen molar-refractivity contribution in [1.82, 2.24) is 4.98 Å². The molecule has 1 heterocycles. The van der Waals surface area contributed by atoms with Crippen molar-refractivity contribution in [2.75, 3.05) is 17.7 Å². The highest BCUT2D eigenvalue weighted by atomic mass is 35.5. The zero-order valence-corrected chi connectivity index (χ0v) is 14.2. The second kappa shape index (κ2) is 7.68. The number of aromatic nitrogens is 1. The molecule has 0 fully saturated rings. The van der Waals surface area contributed by atoms with Crippen LogP contribution in [0.5, 0.6) is 5.75 Å². The molecule has 0 aliphatic heterocycles. The van der Waals surface area contributed by atoms with E-state index in [1.165, 1.54) is 0 Å². The van der Waals surface area contributed by atoms with Gasteiger partial charge in [-0.15, -0.1) is 0 Å². The minimum Gasteiger partial charge on any atom is -0.495 e. The van der Waals surface area contributed by atoms with E-state index in [0.29, 0.717) is 22.2 Å². The Balaban J connectivity index is 1.70. The quantitative estimate of drug-likeness (QED) is 0.695. The first-order chi connectivity index (χ1) is 12.2. The summed E-state index contributed by atoms with van der Waals surface area (Å²) < 4.78 is 5.22. The molecule has 0 radical (unpaired) electrons. The highest BCUT2D eigenvalue weighted by Gasteiger charge is 2.10. The number of anilines is 3. The number of nitrogens with zero attached hydrogens (tertiary/aromatic N) is 1. The van der Waals surface area contributed by atoms with Gasteiger partial charge in [0.25, 0.3) is 5.91 Å². The fourth-order valence-electron chi connectivity index (χ4n) is 2.27. The van der Waals surface area contributed by atoms with Crippen molar-refractivity contribution in [3.63, 3.8) is 0 Å². The molecule has 126 valence electrons. The molecule has 0 saturated carbocycles. The van der Waals surface area contributed by atoms with E-state index in [4.69, 9.17) is 16.3 Å². The molecule has 25 heavy (non-hydrogen) atoms. The lowest BCUT2D eigenvalue weighted by Crippen LogP contribution is -2.14. The Morgan fingerprint density at radius 1 is 1.04 bits per heavy atom. The maximum absolute atomic E-state index is 12.3. The second-order valence-electron chi connectivity index (χ2n) is 5.22. The first-order valence-electron chi connectivity index (χ1n) is 7.59. The number of hydrogen-bond acceptors (Lipinski definition) is 4. The van der Waals surface area contributed by atoms with Crippen molar-refractivity contribution in [3.05, 3.63) is 77.6 Å². The van der Waals surface area contributed by atoms with Gasteiger partial charge in [-0.25, -0.2) is 4.98 Å². The average molecular weight is 354 g/mol. The number of nitrogens with one attached hydrogen (secondary N) is 2. The summed E-state index contributed by atoms with van der Waals surface area (Å²) in [6.45, 7) is 0. The number of rotatable bonds is 5. The summed E-state index contributed by atoms with van der Waals surface area (Å²) in [7, 11) is 1.56. The summed E-state index contributed by atoms with van der Waals surface area (Å²) in [5.41, 5.74) is 2.51. The fraction of sp³-hybridized carbons (Fsp3) is 0.0526. The summed E-state index contributed by atoms with van der Waals surface area (Å²) >= 11 is 5.96. The topological polar surface area (TPSA) is 63.2 Å². The molecule has 0 bridgehead atoms. The van der Waals surface area contributed by atoms with Crippen molar-refractivity contribution in [1.29, 1.82) is 0 Å². The Hall–Kier alpha value is -3.05. The minimum atomic E-state index is -0.307. The van der Waals surface area contributed by atoms with Crippen LogP contribution >= 0.6 is 11.6 Å². The molecule has 3 aromatic rings. The van der Waals surface area contributed by atoms with Gasteiger partial charge >= 0.3 is 0 Å². The lowest BCUT2D eigenvalue weighted by Gasteiger charge is -2.10. The summed E-state index contributed by atoms with van der Waals surface area (Å²) in [4.78, 5) is 16.5. The van der Waals surface area contributed by atoms with Crippen molar-refractivity contribution < 1.29 is 9.53 Å². The third-order valence-corrected chi connectivity index (χ3v) is 3.70. The van der Waals surface area contributed by atoms with Crippen molar-refractivity contribution in [2.24, 2.45) is 0 Å². The average Bonchev–Trinajstić information content (AvgIpc) is 2.63. The second-order valence-corrected chi connectivity index (χ2v) is 5.66. The van der Waals surface area contributed by atoms with E-state index < -0.39 is 0 Å². The maximum Gasteiger partial charge on any atom is 0.274 e. The molecule has 1 amide bonds. The van der Waals surface area contributed by atoms with Crippen LogP contribution < -0.4 is 15.4 Å². The standard InChI is InChI=1S/C19H16ClN3O2/c1-25-18-8-3-2-7-16(18)23-19(24)17-10-9-15(12-21-17)22-14-6-4-5-13(20)11-14/h2-12,22H,1H3,(H,23,24). The maximum atomic E-state index is 12.3. The molecule has 0 saturated heterocycles. The zero-order valence-electron chi connectivity index (χ0n) is 13.5. The van der Waals surface area contributed by atoms with Crippen LogP contribution in [0.4, 0.5) is 17.1 Å². The van der Waals surface area contributed by atoms with Gasteiger partial charge in [0.2, 0.25) is 0 Å². The van der Waals surface area contributed by atoms with Gasteiger partial charge < -0.3 is 15.4 Å². The van der Waals surface area contributed by atoms with Crippen LogP contribution in [0.25, 0.3) is 0 Å². The molecule has 0 aliphatic rings. The highest BCUT2D eigenvalue weighted by molar-refractivity contribution is 6.30. The van der Waals surface area contributed by atoms with Gasteiger partial charge in [0, 0.05) is 10.7 Å². The Morgan fingerprint density at radius 2 is 1.88 bits per heavy atom. The van der Waals surface area contributed by atoms with Gasteiger partial charge in [0.1, 0.15) is 11.4 Å². The number of ether oxygens (including phenoxy) is 1. The Bertz CT molecular complexity index is 882. The number of carbonyl (C=O) groups excluding carboxylic acids is 1. The Kier molecular flexibility index (Phi) is 5.16. The smallest absolute Gasteiger partial charge is 0.274 e. The van der Waals surface area contributed by atoms with Crippen LogP contribution in [0.3, 0.4) is 0 Å². The molecule has 0 atom stereocenters. The van der Waals surface area contributed by atoms with Crippen LogP contribution in [0.2, 0.25) is 5.02 Å². The number of carbonyl (C=O) groups is 1. The van der Waals surface area contributed by atoms with Crippen molar-refractivity contribution >= 4 is 34.6 Å². The lowest BCUT2D eigenvalue weighted by molar-refractivity contribution is 0.102. The van der Waals surface area contributed by atoms with E-state index in [0.717, 1.165) is 11.4 Å². The van der Waals surface area contributed by atoms with E-state index in [1.54, 1.807) is 43.6 Å². The van der Waals surface area contributed by atoms with Gasteiger partial charge in [0.05, 0.1) is 24.7 Å². The summed E-state index contributed by atoms with van der Waals surface area (Å²) in [6, 6.07) is 18.0. The van der Waals surface area contributed by atoms with Crippen LogP contribution in [0.1, 0.15) is 10.5 Å². The van der Waals surface area contributed by atoms with E-state index in [-0.39, 0.29) is 5.91 Å². The number of para-hydroxylation sites is 2. The molecule has 2 N–H and O–H groups in total. The molecule has 0 unspecified atom stereocenters.